The Labute approximate surface area is 108 Å². The highest BCUT2D eigenvalue weighted by Crippen LogP contribution is 2.23. The molecule has 0 saturated carbocycles. The average Bonchev–Trinajstić information content (AvgIpc) is 2.50. The molecule has 1 aromatic heterocycles. The summed E-state index contributed by atoms with van der Waals surface area (Å²) < 4.78 is 1.73. The third-order valence-electron chi connectivity index (χ3n) is 3.75. The normalized spacial score (nSPS) is 26.4. The van der Waals surface area contributed by atoms with Gasteiger partial charge in [-0.3, -0.25) is 9.58 Å². The van der Waals surface area contributed by atoms with Gasteiger partial charge in [0.2, 0.25) is 0 Å². The van der Waals surface area contributed by atoms with Crippen molar-refractivity contribution in [3.8, 4) is 0 Å². The summed E-state index contributed by atoms with van der Waals surface area (Å²) in [7, 11) is 1.88. The van der Waals surface area contributed by atoms with E-state index in [1.807, 2.05) is 14.0 Å². The second-order valence-corrected chi connectivity index (χ2v) is 5.50. The van der Waals surface area contributed by atoms with Crippen molar-refractivity contribution in [2.24, 2.45) is 18.7 Å². The van der Waals surface area contributed by atoms with Crippen molar-refractivity contribution in [3.63, 3.8) is 0 Å². The van der Waals surface area contributed by atoms with Crippen LogP contribution in [0.15, 0.2) is 0 Å². The lowest BCUT2D eigenvalue weighted by atomic mass is 9.94. The maximum Gasteiger partial charge on any atom is 0.131 e. The Kier molecular flexibility index (Phi) is 3.76. The molecule has 2 heterocycles. The van der Waals surface area contributed by atoms with Gasteiger partial charge in [-0.2, -0.15) is 5.10 Å². The SMILES string of the molecule is Cc1nn(C)c(Cl)c1CN1CCC(C)C(N)C1. The Morgan fingerprint density at radius 3 is 2.76 bits per heavy atom. The quantitative estimate of drug-likeness (QED) is 0.874. The number of hydrogen-bond acceptors (Lipinski definition) is 3. The first-order chi connectivity index (χ1) is 7.99. The Balaban J connectivity index is 2.06. The Bertz CT molecular complexity index is 401. The molecular formula is C12H21ClN4. The lowest BCUT2D eigenvalue weighted by molar-refractivity contribution is 0.162. The number of nitrogens with two attached hydrogens (primary N) is 1. The van der Waals surface area contributed by atoms with Crippen molar-refractivity contribution in [3.05, 3.63) is 16.4 Å². The Morgan fingerprint density at radius 2 is 2.24 bits per heavy atom. The molecule has 0 bridgehead atoms. The minimum atomic E-state index is 0.277. The van der Waals surface area contributed by atoms with Gasteiger partial charge < -0.3 is 5.73 Å². The fourth-order valence-corrected chi connectivity index (χ4v) is 2.62. The molecule has 2 unspecified atom stereocenters. The monoisotopic (exact) mass is 256 g/mol. The largest absolute Gasteiger partial charge is 0.326 e. The molecule has 1 aromatic rings. The first-order valence-corrected chi connectivity index (χ1v) is 6.52. The second kappa shape index (κ2) is 4.96. The van der Waals surface area contributed by atoms with Crippen LogP contribution in [-0.2, 0) is 13.6 Å². The fourth-order valence-electron chi connectivity index (χ4n) is 2.39. The van der Waals surface area contributed by atoms with E-state index in [4.69, 9.17) is 17.3 Å². The summed E-state index contributed by atoms with van der Waals surface area (Å²) in [5.74, 6) is 0.622. The van der Waals surface area contributed by atoms with Gasteiger partial charge >= 0.3 is 0 Å². The molecule has 2 atom stereocenters. The molecule has 0 aromatic carbocycles. The van der Waals surface area contributed by atoms with E-state index in [1.165, 1.54) is 0 Å². The molecule has 1 aliphatic rings. The maximum atomic E-state index is 6.24. The molecule has 0 amide bonds. The van der Waals surface area contributed by atoms with Crippen molar-refractivity contribution in [1.29, 1.82) is 0 Å². The fraction of sp³-hybridized carbons (Fsp3) is 0.750. The molecule has 5 heteroatoms. The maximum absolute atomic E-state index is 6.24. The molecule has 0 aliphatic carbocycles. The zero-order valence-electron chi connectivity index (χ0n) is 10.8. The van der Waals surface area contributed by atoms with Crippen LogP contribution in [0.1, 0.15) is 24.6 Å². The number of aromatic nitrogens is 2. The Morgan fingerprint density at radius 1 is 1.53 bits per heavy atom. The molecule has 17 heavy (non-hydrogen) atoms. The average molecular weight is 257 g/mol. The summed E-state index contributed by atoms with van der Waals surface area (Å²) in [6.45, 7) is 7.14. The molecule has 1 aliphatic heterocycles. The van der Waals surface area contributed by atoms with E-state index in [2.05, 4.69) is 16.9 Å². The van der Waals surface area contributed by atoms with Gasteiger partial charge in [0.05, 0.1) is 5.69 Å². The van der Waals surface area contributed by atoms with Crippen molar-refractivity contribution >= 4 is 11.6 Å². The minimum Gasteiger partial charge on any atom is -0.326 e. The lowest BCUT2D eigenvalue weighted by Gasteiger charge is -2.34. The van der Waals surface area contributed by atoms with Gasteiger partial charge in [-0.05, 0) is 25.8 Å². The van der Waals surface area contributed by atoms with E-state index in [0.717, 1.165) is 42.5 Å². The van der Waals surface area contributed by atoms with Gasteiger partial charge in [-0.1, -0.05) is 18.5 Å². The number of piperidine rings is 1. The van der Waals surface area contributed by atoms with Gasteiger partial charge in [0.1, 0.15) is 5.15 Å². The molecule has 0 spiro atoms. The molecule has 96 valence electrons. The third kappa shape index (κ3) is 2.64. The standard InChI is InChI=1S/C12H21ClN4/c1-8-4-5-17(7-11(8)14)6-10-9(2)15-16(3)12(10)13/h8,11H,4-7,14H2,1-3H3. The molecule has 1 fully saturated rings. The van der Waals surface area contributed by atoms with Crippen LogP contribution in [0.4, 0.5) is 0 Å². The van der Waals surface area contributed by atoms with Crippen molar-refractivity contribution < 1.29 is 0 Å². The number of hydrogen-bond donors (Lipinski definition) is 1. The van der Waals surface area contributed by atoms with Crippen LogP contribution < -0.4 is 5.73 Å². The van der Waals surface area contributed by atoms with Crippen LogP contribution in [0.25, 0.3) is 0 Å². The van der Waals surface area contributed by atoms with Gasteiger partial charge in [0.25, 0.3) is 0 Å². The van der Waals surface area contributed by atoms with Gasteiger partial charge in [0.15, 0.2) is 0 Å². The predicted octanol–water partition coefficient (Wildman–Crippen LogP) is 1.55. The number of nitrogens with zero attached hydrogens (tertiary/aromatic N) is 3. The highest BCUT2D eigenvalue weighted by Gasteiger charge is 2.24. The zero-order valence-corrected chi connectivity index (χ0v) is 11.5. The van der Waals surface area contributed by atoms with Gasteiger partial charge in [0, 0.05) is 31.7 Å². The predicted molar refractivity (Wildman–Crippen MR) is 70.0 cm³/mol. The van der Waals surface area contributed by atoms with Gasteiger partial charge in [-0.15, -0.1) is 0 Å². The van der Waals surface area contributed by atoms with Crippen molar-refractivity contribution in [2.75, 3.05) is 13.1 Å². The molecule has 2 N–H and O–H groups in total. The van der Waals surface area contributed by atoms with E-state index in [0.29, 0.717) is 5.92 Å². The van der Waals surface area contributed by atoms with E-state index in [9.17, 15) is 0 Å². The zero-order chi connectivity index (χ0) is 12.6. The van der Waals surface area contributed by atoms with Crippen molar-refractivity contribution in [1.82, 2.24) is 14.7 Å². The van der Waals surface area contributed by atoms with Crippen LogP contribution in [0.2, 0.25) is 5.15 Å². The van der Waals surface area contributed by atoms with Crippen LogP contribution >= 0.6 is 11.6 Å². The smallest absolute Gasteiger partial charge is 0.131 e. The van der Waals surface area contributed by atoms with E-state index in [1.54, 1.807) is 4.68 Å². The van der Waals surface area contributed by atoms with E-state index >= 15 is 0 Å². The molecule has 1 saturated heterocycles. The number of halogens is 1. The highest BCUT2D eigenvalue weighted by molar-refractivity contribution is 6.30. The lowest BCUT2D eigenvalue weighted by Crippen LogP contribution is -2.47. The number of aryl methyl sites for hydroxylation is 2. The molecule has 4 nitrogen and oxygen atoms in total. The topological polar surface area (TPSA) is 47.1 Å². The second-order valence-electron chi connectivity index (χ2n) is 5.14. The highest BCUT2D eigenvalue weighted by atomic mass is 35.5. The molecule has 0 radical (unpaired) electrons. The summed E-state index contributed by atoms with van der Waals surface area (Å²) in [4.78, 5) is 2.38. The first-order valence-electron chi connectivity index (χ1n) is 6.15. The Hall–Kier alpha value is -0.580. The summed E-state index contributed by atoms with van der Waals surface area (Å²) >= 11 is 6.24. The summed E-state index contributed by atoms with van der Waals surface area (Å²) in [5, 5.41) is 5.08. The number of likely N-dealkylation sites (tertiary alicyclic amines) is 1. The van der Waals surface area contributed by atoms with E-state index < -0.39 is 0 Å². The summed E-state index contributed by atoms with van der Waals surface area (Å²) in [6, 6.07) is 0.277. The van der Waals surface area contributed by atoms with Crippen LogP contribution in [0, 0.1) is 12.8 Å². The minimum absolute atomic E-state index is 0.277. The molecular weight excluding hydrogens is 236 g/mol. The van der Waals surface area contributed by atoms with Crippen LogP contribution in [0.3, 0.4) is 0 Å². The number of rotatable bonds is 2. The van der Waals surface area contributed by atoms with Gasteiger partial charge in [-0.25, -0.2) is 0 Å². The third-order valence-corrected chi connectivity index (χ3v) is 4.22. The van der Waals surface area contributed by atoms with E-state index in [-0.39, 0.29) is 6.04 Å². The summed E-state index contributed by atoms with van der Waals surface area (Å²) in [5.41, 5.74) is 8.26. The summed E-state index contributed by atoms with van der Waals surface area (Å²) in [6.07, 6.45) is 1.16. The first kappa shape index (κ1) is 12.9. The van der Waals surface area contributed by atoms with Crippen molar-refractivity contribution in [2.45, 2.75) is 32.9 Å². The van der Waals surface area contributed by atoms with Crippen LogP contribution in [-0.4, -0.2) is 33.8 Å². The molecule has 2 rings (SSSR count). The van der Waals surface area contributed by atoms with Crippen LogP contribution in [0.5, 0.6) is 0 Å².